The molecule has 0 saturated heterocycles. The minimum Gasteiger partial charge on any atom is -0.467 e. The van der Waals surface area contributed by atoms with Gasteiger partial charge in [-0.05, 0) is 31.2 Å². The largest absolute Gasteiger partial charge is 0.467 e. The van der Waals surface area contributed by atoms with E-state index < -0.39 is 11.9 Å². The molecule has 0 spiro atoms. The van der Waals surface area contributed by atoms with Crippen molar-refractivity contribution in [1.29, 1.82) is 0 Å². The van der Waals surface area contributed by atoms with Crippen molar-refractivity contribution in [2.75, 3.05) is 6.61 Å². The summed E-state index contributed by atoms with van der Waals surface area (Å²) in [5.41, 5.74) is 1.16. The summed E-state index contributed by atoms with van der Waals surface area (Å²) in [6, 6.07) is 12.4. The van der Waals surface area contributed by atoms with Crippen molar-refractivity contribution in [3.8, 4) is 0 Å². The predicted molar refractivity (Wildman–Crippen MR) is 83.8 cm³/mol. The molecule has 23 heavy (non-hydrogen) atoms. The quantitative estimate of drug-likeness (QED) is 0.710. The number of para-hydroxylation sites is 1. The Kier molecular flexibility index (Phi) is 4.14. The van der Waals surface area contributed by atoms with Crippen LogP contribution in [0.15, 0.2) is 53.1 Å². The van der Waals surface area contributed by atoms with Gasteiger partial charge in [0.25, 0.3) is 5.91 Å². The highest BCUT2D eigenvalue weighted by atomic mass is 16.5. The highest BCUT2D eigenvalue weighted by Crippen LogP contribution is 2.15. The van der Waals surface area contributed by atoms with Gasteiger partial charge in [0.1, 0.15) is 11.5 Å². The van der Waals surface area contributed by atoms with Gasteiger partial charge in [-0.2, -0.15) is 0 Å². The second kappa shape index (κ2) is 6.39. The summed E-state index contributed by atoms with van der Waals surface area (Å²) in [6.45, 7) is 1.44. The van der Waals surface area contributed by atoms with E-state index in [1.807, 2.05) is 24.3 Å². The maximum absolute atomic E-state index is 12.0. The maximum atomic E-state index is 12.0. The molecule has 0 fully saturated rings. The molecule has 1 aromatic carbocycles. The Balaban J connectivity index is 1.55. The minimum atomic E-state index is -0.568. The number of fused-ring (bicyclic) bond motifs is 1. The van der Waals surface area contributed by atoms with E-state index in [0.29, 0.717) is 11.5 Å². The first-order chi connectivity index (χ1) is 11.1. The number of aromatic nitrogens is 1. The summed E-state index contributed by atoms with van der Waals surface area (Å²) in [5.74, 6) is -0.319. The summed E-state index contributed by atoms with van der Waals surface area (Å²) in [4.78, 5) is 26.8. The molecule has 0 aliphatic rings. The normalized spacial score (nSPS) is 12.0. The number of ether oxygens (including phenoxy) is 1. The number of hydrogen-bond acceptors (Lipinski definition) is 4. The number of hydrogen-bond donors (Lipinski definition) is 2. The van der Waals surface area contributed by atoms with E-state index in [-0.39, 0.29) is 12.6 Å². The number of carbonyl (C=O) groups excluding carboxylic acids is 2. The number of aromatic amines is 1. The van der Waals surface area contributed by atoms with Gasteiger partial charge in [0.2, 0.25) is 0 Å². The molecule has 6 nitrogen and oxygen atoms in total. The first kappa shape index (κ1) is 14.9. The minimum absolute atomic E-state index is 0.288. The van der Waals surface area contributed by atoms with Gasteiger partial charge in [-0.3, -0.25) is 4.79 Å². The highest BCUT2D eigenvalue weighted by Gasteiger charge is 2.15. The van der Waals surface area contributed by atoms with E-state index in [1.54, 1.807) is 25.1 Å². The lowest BCUT2D eigenvalue weighted by molar-refractivity contribution is -0.125. The zero-order chi connectivity index (χ0) is 16.2. The van der Waals surface area contributed by atoms with Gasteiger partial charge in [0, 0.05) is 10.9 Å². The molecular formula is C17H16N2O4. The average Bonchev–Trinajstić information content (AvgIpc) is 3.21. The van der Waals surface area contributed by atoms with Crippen LogP contribution in [0.4, 0.5) is 0 Å². The van der Waals surface area contributed by atoms with Crippen LogP contribution in [0.5, 0.6) is 0 Å². The van der Waals surface area contributed by atoms with E-state index >= 15 is 0 Å². The molecule has 3 rings (SSSR count). The number of furan rings is 1. The number of carbonyl (C=O) groups is 2. The molecule has 0 bridgehead atoms. The summed E-state index contributed by atoms with van der Waals surface area (Å²) in [5, 5.41) is 3.61. The molecule has 1 amide bonds. The van der Waals surface area contributed by atoms with Crippen molar-refractivity contribution in [1.82, 2.24) is 10.3 Å². The molecule has 2 N–H and O–H groups in total. The molecule has 0 unspecified atom stereocenters. The molecule has 2 aromatic heterocycles. The number of nitrogens with one attached hydrogen (secondary N) is 2. The molecule has 0 aliphatic heterocycles. The van der Waals surface area contributed by atoms with E-state index in [9.17, 15) is 9.59 Å². The number of H-pyrrole nitrogens is 1. The van der Waals surface area contributed by atoms with Gasteiger partial charge < -0.3 is 19.5 Å². The van der Waals surface area contributed by atoms with Crippen molar-refractivity contribution in [3.05, 3.63) is 60.2 Å². The molecule has 6 heteroatoms. The summed E-state index contributed by atoms with van der Waals surface area (Å²) in [6.07, 6.45) is 1.54. The van der Waals surface area contributed by atoms with E-state index in [1.165, 1.54) is 6.26 Å². The monoisotopic (exact) mass is 312 g/mol. The lowest BCUT2D eigenvalue weighted by Gasteiger charge is -2.11. The zero-order valence-electron chi connectivity index (χ0n) is 12.5. The van der Waals surface area contributed by atoms with Crippen LogP contribution < -0.4 is 5.32 Å². The second-order valence-corrected chi connectivity index (χ2v) is 5.15. The van der Waals surface area contributed by atoms with Gasteiger partial charge in [0.05, 0.1) is 12.3 Å². The molecule has 0 radical (unpaired) electrons. The molecular weight excluding hydrogens is 296 g/mol. The van der Waals surface area contributed by atoms with Crippen LogP contribution in [0.1, 0.15) is 29.2 Å². The molecule has 118 valence electrons. The van der Waals surface area contributed by atoms with Crippen molar-refractivity contribution in [3.63, 3.8) is 0 Å². The lowest BCUT2D eigenvalue weighted by atomic mass is 10.2. The van der Waals surface area contributed by atoms with Gasteiger partial charge in [-0.25, -0.2) is 4.79 Å². The Morgan fingerprint density at radius 2 is 2.09 bits per heavy atom. The van der Waals surface area contributed by atoms with Gasteiger partial charge in [-0.15, -0.1) is 0 Å². The Bertz CT molecular complexity index is 787. The van der Waals surface area contributed by atoms with Crippen molar-refractivity contribution in [2.45, 2.75) is 13.0 Å². The maximum Gasteiger partial charge on any atom is 0.355 e. The smallest absolute Gasteiger partial charge is 0.355 e. The first-order valence-corrected chi connectivity index (χ1v) is 7.21. The fraction of sp³-hybridized carbons (Fsp3) is 0.176. The zero-order valence-corrected chi connectivity index (χ0v) is 12.5. The molecule has 2 heterocycles. The van der Waals surface area contributed by atoms with Gasteiger partial charge in [0.15, 0.2) is 6.61 Å². The highest BCUT2D eigenvalue weighted by molar-refractivity contribution is 5.95. The standard InChI is InChI=1S/C17H16N2O4/c1-11(15-7-4-8-22-15)18-16(20)10-23-17(21)14-9-12-5-2-3-6-13(12)19-14/h2-9,11,19H,10H2,1H3,(H,18,20)/t11-/m0/s1. The van der Waals surface area contributed by atoms with Crippen LogP contribution in [-0.4, -0.2) is 23.5 Å². The fourth-order valence-electron chi connectivity index (χ4n) is 2.28. The third-order valence-corrected chi connectivity index (χ3v) is 3.43. The Morgan fingerprint density at radius 3 is 2.83 bits per heavy atom. The van der Waals surface area contributed by atoms with E-state index in [0.717, 1.165) is 10.9 Å². The summed E-state index contributed by atoms with van der Waals surface area (Å²) in [7, 11) is 0. The first-order valence-electron chi connectivity index (χ1n) is 7.21. The van der Waals surface area contributed by atoms with Crippen LogP contribution in [-0.2, 0) is 9.53 Å². The van der Waals surface area contributed by atoms with Crippen molar-refractivity contribution >= 4 is 22.8 Å². The van der Waals surface area contributed by atoms with Crippen LogP contribution >= 0.6 is 0 Å². The SMILES string of the molecule is C[C@H](NC(=O)COC(=O)c1cc2ccccc2[nH]1)c1ccco1. The van der Waals surface area contributed by atoms with Crippen LogP contribution in [0.2, 0.25) is 0 Å². The van der Waals surface area contributed by atoms with Crippen LogP contribution in [0.25, 0.3) is 10.9 Å². The van der Waals surface area contributed by atoms with Gasteiger partial charge in [-0.1, -0.05) is 18.2 Å². The Labute approximate surface area is 132 Å². The predicted octanol–water partition coefficient (Wildman–Crippen LogP) is 2.80. The van der Waals surface area contributed by atoms with Crippen LogP contribution in [0.3, 0.4) is 0 Å². The molecule has 0 saturated carbocycles. The van der Waals surface area contributed by atoms with E-state index in [4.69, 9.17) is 9.15 Å². The lowest BCUT2D eigenvalue weighted by Crippen LogP contribution is -2.31. The number of amides is 1. The third kappa shape index (κ3) is 3.42. The number of esters is 1. The average molecular weight is 312 g/mol. The Morgan fingerprint density at radius 1 is 1.26 bits per heavy atom. The van der Waals surface area contributed by atoms with E-state index in [2.05, 4.69) is 10.3 Å². The fourth-order valence-corrected chi connectivity index (χ4v) is 2.28. The van der Waals surface area contributed by atoms with Crippen molar-refractivity contribution in [2.24, 2.45) is 0 Å². The van der Waals surface area contributed by atoms with Crippen molar-refractivity contribution < 1.29 is 18.7 Å². The Hall–Kier alpha value is -3.02. The van der Waals surface area contributed by atoms with Gasteiger partial charge >= 0.3 is 5.97 Å². The van der Waals surface area contributed by atoms with Crippen LogP contribution in [0, 0.1) is 0 Å². The molecule has 1 atom stereocenters. The summed E-state index contributed by atoms with van der Waals surface area (Å²) < 4.78 is 10.2. The number of benzene rings is 1. The molecule has 3 aromatic rings. The second-order valence-electron chi connectivity index (χ2n) is 5.15. The third-order valence-electron chi connectivity index (χ3n) is 3.43. The summed E-state index contributed by atoms with van der Waals surface area (Å²) >= 11 is 0. The molecule has 0 aliphatic carbocycles. The number of rotatable bonds is 5. The topological polar surface area (TPSA) is 84.3 Å².